The fraction of sp³-hybridized carbons (Fsp3) is 0.294. The van der Waals surface area contributed by atoms with E-state index in [9.17, 15) is 19.2 Å². The highest BCUT2D eigenvalue weighted by atomic mass is 32.2. The molecule has 2 aromatic rings. The molecule has 0 spiro atoms. The number of H-pyrrole nitrogens is 1. The van der Waals surface area contributed by atoms with Crippen molar-refractivity contribution in [2.75, 3.05) is 12.3 Å². The number of carbonyl (C=O) groups excluding carboxylic acids is 2. The molecular formula is C17H19N3O5S. The van der Waals surface area contributed by atoms with Crippen LogP contribution in [0.15, 0.2) is 38.8 Å². The minimum Gasteiger partial charge on any atom is -0.456 e. The molecule has 1 aromatic heterocycles. The smallest absolute Gasteiger partial charge is 0.329 e. The van der Waals surface area contributed by atoms with E-state index in [-0.39, 0.29) is 5.82 Å². The van der Waals surface area contributed by atoms with Crippen LogP contribution in [0.2, 0.25) is 0 Å². The first-order valence-electron chi connectivity index (χ1n) is 7.72. The lowest BCUT2D eigenvalue weighted by Gasteiger charge is -2.12. The highest BCUT2D eigenvalue weighted by molar-refractivity contribution is 8.00. The van der Waals surface area contributed by atoms with Crippen LogP contribution in [0.5, 0.6) is 0 Å². The summed E-state index contributed by atoms with van der Waals surface area (Å²) in [6, 6.07) is 7.64. The predicted octanol–water partition coefficient (Wildman–Crippen LogP) is 0.871. The molecule has 0 unspecified atom stereocenters. The van der Waals surface area contributed by atoms with Crippen molar-refractivity contribution < 1.29 is 14.3 Å². The van der Waals surface area contributed by atoms with Gasteiger partial charge in [-0.3, -0.25) is 23.9 Å². The van der Waals surface area contributed by atoms with E-state index in [1.165, 1.54) is 18.8 Å². The normalized spacial score (nSPS) is 11.8. The van der Waals surface area contributed by atoms with Crippen molar-refractivity contribution in [2.24, 2.45) is 7.05 Å². The lowest BCUT2D eigenvalue weighted by molar-refractivity contribution is -0.141. The number of benzene rings is 1. The van der Waals surface area contributed by atoms with Crippen LogP contribution in [-0.2, 0) is 16.6 Å². The average Bonchev–Trinajstić information content (AvgIpc) is 2.59. The van der Waals surface area contributed by atoms with Crippen molar-refractivity contribution in [2.45, 2.75) is 24.0 Å². The molecule has 0 aliphatic heterocycles. The number of rotatable bonds is 6. The van der Waals surface area contributed by atoms with Crippen LogP contribution < -0.4 is 17.0 Å². The maximum atomic E-state index is 12.2. The number of hydrogen-bond donors (Lipinski definition) is 2. The van der Waals surface area contributed by atoms with Gasteiger partial charge < -0.3 is 10.5 Å². The molecule has 0 aliphatic carbocycles. The number of Topliss-reactive ketones (excluding diaryl/α,β-unsaturated/α-hetero) is 1. The van der Waals surface area contributed by atoms with Crippen molar-refractivity contribution in [1.29, 1.82) is 0 Å². The molecule has 138 valence electrons. The Balaban J connectivity index is 2.02. The van der Waals surface area contributed by atoms with Gasteiger partial charge in [0.2, 0.25) is 5.78 Å². The van der Waals surface area contributed by atoms with Gasteiger partial charge in [-0.05, 0) is 26.0 Å². The summed E-state index contributed by atoms with van der Waals surface area (Å²) in [7, 11) is 1.32. The zero-order chi connectivity index (χ0) is 19.4. The third kappa shape index (κ3) is 4.42. The summed E-state index contributed by atoms with van der Waals surface area (Å²) in [6.45, 7) is 2.98. The van der Waals surface area contributed by atoms with Gasteiger partial charge in [0.05, 0.1) is 0 Å². The Morgan fingerprint density at radius 1 is 1.27 bits per heavy atom. The van der Waals surface area contributed by atoms with E-state index in [2.05, 4.69) is 0 Å². The zero-order valence-electron chi connectivity index (χ0n) is 14.6. The molecule has 0 aliphatic rings. The molecule has 0 amide bonds. The number of hydrogen-bond acceptors (Lipinski definition) is 7. The first-order chi connectivity index (χ1) is 12.2. The largest absolute Gasteiger partial charge is 0.456 e. The SMILES string of the molecule is Cc1ccc(S[C@@H](C)C(=O)OCC(=O)c2c(N)n(C)c(=O)[nH]c2=O)cc1. The number of carbonyl (C=O) groups is 2. The summed E-state index contributed by atoms with van der Waals surface area (Å²) in [6.07, 6.45) is 0. The topological polar surface area (TPSA) is 124 Å². The fourth-order valence-corrected chi connectivity index (χ4v) is 2.97. The van der Waals surface area contributed by atoms with Gasteiger partial charge in [0.1, 0.15) is 16.6 Å². The third-order valence-corrected chi connectivity index (χ3v) is 4.75. The Labute approximate surface area is 153 Å². The summed E-state index contributed by atoms with van der Waals surface area (Å²) in [5, 5.41) is -0.540. The molecule has 1 heterocycles. The number of nitrogens with zero attached hydrogens (tertiary/aromatic N) is 1. The number of aromatic amines is 1. The predicted molar refractivity (Wildman–Crippen MR) is 98.5 cm³/mol. The molecule has 0 bridgehead atoms. The minimum atomic E-state index is -0.909. The summed E-state index contributed by atoms with van der Waals surface area (Å²) in [4.78, 5) is 50.3. The van der Waals surface area contributed by atoms with Gasteiger partial charge in [-0.25, -0.2) is 4.79 Å². The van der Waals surface area contributed by atoms with Crippen molar-refractivity contribution in [3.63, 3.8) is 0 Å². The zero-order valence-corrected chi connectivity index (χ0v) is 15.4. The highest BCUT2D eigenvalue weighted by Gasteiger charge is 2.22. The summed E-state index contributed by atoms with van der Waals surface area (Å²) < 4.78 is 5.93. The van der Waals surface area contributed by atoms with E-state index in [0.29, 0.717) is 0 Å². The molecule has 8 nitrogen and oxygen atoms in total. The fourth-order valence-electron chi connectivity index (χ4n) is 2.10. The van der Waals surface area contributed by atoms with Crippen LogP contribution in [0.25, 0.3) is 0 Å². The minimum absolute atomic E-state index is 0.276. The van der Waals surface area contributed by atoms with Gasteiger partial charge in [0.25, 0.3) is 5.56 Å². The molecule has 9 heteroatoms. The average molecular weight is 377 g/mol. The first-order valence-corrected chi connectivity index (χ1v) is 8.60. The number of aryl methyl sites for hydroxylation is 1. The van der Waals surface area contributed by atoms with Crippen LogP contribution in [-0.4, -0.2) is 33.2 Å². The number of nitrogens with one attached hydrogen (secondary N) is 1. The summed E-state index contributed by atoms with van der Waals surface area (Å²) in [5.74, 6) is -1.65. The molecule has 3 N–H and O–H groups in total. The third-order valence-electron chi connectivity index (χ3n) is 3.66. The van der Waals surface area contributed by atoms with Crippen LogP contribution in [0.4, 0.5) is 5.82 Å². The number of nitrogens with two attached hydrogens (primary N) is 1. The van der Waals surface area contributed by atoms with Gasteiger partial charge in [0, 0.05) is 11.9 Å². The molecule has 1 aromatic carbocycles. The first kappa shape index (κ1) is 19.5. The van der Waals surface area contributed by atoms with E-state index >= 15 is 0 Å². The maximum Gasteiger partial charge on any atom is 0.329 e. The Kier molecular flexibility index (Phi) is 6.04. The van der Waals surface area contributed by atoms with Gasteiger partial charge in [-0.2, -0.15) is 0 Å². The molecule has 0 radical (unpaired) electrons. The van der Waals surface area contributed by atoms with Gasteiger partial charge in [0.15, 0.2) is 6.61 Å². The number of esters is 1. The van der Waals surface area contributed by atoms with E-state index in [4.69, 9.17) is 10.5 Å². The van der Waals surface area contributed by atoms with Crippen LogP contribution in [0, 0.1) is 6.92 Å². The van der Waals surface area contributed by atoms with Gasteiger partial charge in [-0.15, -0.1) is 11.8 Å². The number of anilines is 1. The quantitative estimate of drug-likeness (QED) is 0.435. The summed E-state index contributed by atoms with van der Waals surface area (Å²) >= 11 is 1.29. The number of ether oxygens (including phenoxy) is 1. The second-order valence-corrected chi connectivity index (χ2v) is 7.10. The molecule has 0 saturated heterocycles. The number of thioether (sulfide) groups is 1. The van der Waals surface area contributed by atoms with Gasteiger partial charge in [-0.1, -0.05) is 17.7 Å². The molecule has 1 atom stereocenters. The summed E-state index contributed by atoms with van der Waals surface area (Å²) in [5.41, 5.74) is 4.71. The molecular weight excluding hydrogens is 358 g/mol. The van der Waals surface area contributed by atoms with Crippen LogP contribution in [0.3, 0.4) is 0 Å². The van der Waals surface area contributed by atoms with Crippen LogP contribution in [0.1, 0.15) is 22.8 Å². The van der Waals surface area contributed by atoms with Crippen molar-refractivity contribution in [1.82, 2.24) is 9.55 Å². The van der Waals surface area contributed by atoms with E-state index in [1.807, 2.05) is 36.2 Å². The Morgan fingerprint density at radius 3 is 2.50 bits per heavy atom. The Bertz CT molecular complexity index is 946. The van der Waals surface area contributed by atoms with Crippen LogP contribution >= 0.6 is 11.8 Å². The highest BCUT2D eigenvalue weighted by Crippen LogP contribution is 2.24. The Morgan fingerprint density at radius 2 is 1.88 bits per heavy atom. The lowest BCUT2D eigenvalue weighted by atomic mass is 10.2. The number of aromatic nitrogens is 2. The monoisotopic (exact) mass is 377 g/mol. The van der Waals surface area contributed by atoms with Crippen molar-refractivity contribution in [3.05, 3.63) is 56.2 Å². The maximum absolute atomic E-state index is 12.2. The van der Waals surface area contributed by atoms with E-state index in [1.54, 1.807) is 6.92 Å². The lowest BCUT2D eigenvalue weighted by Crippen LogP contribution is -2.36. The van der Waals surface area contributed by atoms with Gasteiger partial charge >= 0.3 is 11.7 Å². The standard InChI is InChI=1S/C17H19N3O5S/c1-9-4-6-11(7-5-9)26-10(2)16(23)25-8-12(21)13-14(18)20(3)17(24)19-15(13)22/h4-7,10H,8,18H2,1-3H3,(H,19,22,24)/t10-/m0/s1. The second kappa shape index (κ2) is 8.05. The molecule has 0 saturated carbocycles. The number of nitrogen functional groups attached to an aromatic ring is 1. The number of ketones is 1. The van der Waals surface area contributed by atoms with E-state index < -0.39 is 40.4 Å². The van der Waals surface area contributed by atoms with E-state index in [0.717, 1.165) is 15.0 Å². The van der Waals surface area contributed by atoms with Crippen molar-refractivity contribution >= 4 is 29.3 Å². The van der Waals surface area contributed by atoms with Crippen molar-refractivity contribution in [3.8, 4) is 0 Å². The second-order valence-electron chi connectivity index (χ2n) is 5.68. The molecule has 0 fully saturated rings. The Hall–Kier alpha value is -2.81. The molecule has 2 rings (SSSR count). The molecule has 26 heavy (non-hydrogen) atoms.